The van der Waals surface area contributed by atoms with Gasteiger partial charge < -0.3 is 5.32 Å². The molecule has 19 heavy (non-hydrogen) atoms. The fraction of sp³-hybridized carbons (Fsp3) is 0.333. The maximum atomic E-state index is 12.1. The zero-order valence-corrected chi connectivity index (χ0v) is 11.6. The zero-order chi connectivity index (χ0) is 13.8. The van der Waals surface area contributed by atoms with Crippen molar-refractivity contribution in [1.29, 1.82) is 0 Å². The smallest absolute Gasteiger partial charge is 0.248 e. The Morgan fingerprint density at radius 2 is 2.00 bits per heavy atom. The topological polar surface area (TPSA) is 46.9 Å². The van der Waals surface area contributed by atoms with E-state index in [0.29, 0.717) is 0 Å². The largest absolute Gasteiger partial charge is 0.324 e. The van der Waals surface area contributed by atoms with Gasteiger partial charge in [-0.1, -0.05) is 19.1 Å². The number of carbonyl (C=O) groups is 1. The average molecular weight is 257 g/mol. The maximum Gasteiger partial charge on any atom is 0.248 e. The fourth-order valence-electron chi connectivity index (χ4n) is 1.97. The van der Waals surface area contributed by atoms with E-state index in [4.69, 9.17) is 0 Å². The molecule has 0 aliphatic rings. The Hall–Kier alpha value is -2.10. The van der Waals surface area contributed by atoms with E-state index in [0.717, 1.165) is 17.8 Å². The van der Waals surface area contributed by atoms with Crippen LogP contribution in [0.2, 0.25) is 0 Å². The number of benzene rings is 1. The van der Waals surface area contributed by atoms with Gasteiger partial charge in [-0.2, -0.15) is 5.10 Å². The van der Waals surface area contributed by atoms with E-state index < -0.39 is 0 Å². The number of amides is 1. The molecule has 0 fully saturated rings. The number of anilines is 1. The van der Waals surface area contributed by atoms with Crippen molar-refractivity contribution in [3.05, 3.63) is 47.8 Å². The van der Waals surface area contributed by atoms with Gasteiger partial charge in [-0.3, -0.25) is 9.48 Å². The molecule has 1 N–H and O–H groups in total. The molecule has 2 rings (SSSR count). The van der Waals surface area contributed by atoms with Gasteiger partial charge in [0.2, 0.25) is 5.91 Å². The van der Waals surface area contributed by atoms with Gasteiger partial charge in [0, 0.05) is 17.6 Å². The van der Waals surface area contributed by atoms with Gasteiger partial charge in [0.25, 0.3) is 0 Å². The van der Waals surface area contributed by atoms with E-state index in [-0.39, 0.29) is 11.9 Å². The number of aromatic nitrogens is 2. The van der Waals surface area contributed by atoms with Crippen molar-refractivity contribution in [3.8, 4) is 0 Å². The van der Waals surface area contributed by atoms with Crippen molar-refractivity contribution in [1.82, 2.24) is 9.78 Å². The van der Waals surface area contributed by atoms with Crippen molar-refractivity contribution in [2.75, 3.05) is 5.32 Å². The van der Waals surface area contributed by atoms with Crippen LogP contribution >= 0.6 is 0 Å². The Morgan fingerprint density at radius 1 is 1.32 bits per heavy atom. The van der Waals surface area contributed by atoms with Crippen LogP contribution in [0.3, 0.4) is 0 Å². The molecule has 0 saturated carbocycles. The molecular weight excluding hydrogens is 238 g/mol. The molecule has 4 nitrogen and oxygen atoms in total. The van der Waals surface area contributed by atoms with E-state index in [1.165, 1.54) is 5.56 Å². The summed E-state index contributed by atoms with van der Waals surface area (Å²) in [5.41, 5.74) is 3.05. The van der Waals surface area contributed by atoms with Crippen LogP contribution in [0.4, 0.5) is 5.69 Å². The molecule has 0 spiro atoms. The van der Waals surface area contributed by atoms with E-state index in [9.17, 15) is 4.79 Å². The first-order chi connectivity index (χ1) is 9.11. The first kappa shape index (κ1) is 13.3. The monoisotopic (exact) mass is 257 g/mol. The minimum absolute atomic E-state index is 0.0592. The summed E-state index contributed by atoms with van der Waals surface area (Å²) in [5.74, 6) is -0.0592. The summed E-state index contributed by atoms with van der Waals surface area (Å²) in [6.45, 7) is 5.89. The van der Waals surface area contributed by atoms with E-state index in [1.54, 1.807) is 10.9 Å². The lowest BCUT2D eigenvalue weighted by Crippen LogP contribution is -2.25. The number of nitrogens with one attached hydrogen (secondary N) is 1. The predicted octanol–water partition coefficient (Wildman–Crippen LogP) is 2.95. The summed E-state index contributed by atoms with van der Waals surface area (Å²) in [4.78, 5) is 12.1. The number of hydrogen-bond donors (Lipinski definition) is 1. The number of aryl methyl sites for hydroxylation is 2. The van der Waals surface area contributed by atoms with Gasteiger partial charge in [0.15, 0.2) is 0 Å². The van der Waals surface area contributed by atoms with Gasteiger partial charge in [-0.05, 0) is 44.0 Å². The summed E-state index contributed by atoms with van der Waals surface area (Å²) >= 11 is 0. The minimum atomic E-state index is -0.319. The fourth-order valence-corrected chi connectivity index (χ4v) is 1.97. The predicted molar refractivity (Wildman–Crippen MR) is 76.1 cm³/mol. The summed E-state index contributed by atoms with van der Waals surface area (Å²) < 4.78 is 1.72. The highest BCUT2D eigenvalue weighted by Crippen LogP contribution is 2.14. The molecule has 2 aromatic rings. The van der Waals surface area contributed by atoms with Crippen LogP contribution in [0.15, 0.2) is 36.5 Å². The molecule has 0 bridgehead atoms. The molecule has 0 aliphatic carbocycles. The van der Waals surface area contributed by atoms with Gasteiger partial charge in [-0.15, -0.1) is 0 Å². The first-order valence-corrected chi connectivity index (χ1v) is 6.51. The third-order valence-corrected chi connectivity index (χ3v) is 3.24. The second-order valence-corrected chi connectivity index (χ2v) is 4.63. The molecule has 1 unspecified atom stereocenters. The number of carbonyl (C=O) groups excluding carboxylic acids is 1. The van der Waals surface area contributed by atoms with Crippen LogP contribution in [-0.4, -0.2) is 15.7 Å². The number of hydrogen-bond acceptors (Lipinski definition) is 2. The van der Waals surface area contributed by atoms with Crippen LogP contribution in [0.5, 0.6) is 0 Å². The summed E-state index contributed by atoms with van der Waals surface area (Å²) in [6, 6.07) is 9.48. The summed E-state index contributed by atoms with van der Waals surface area (Å²) in [6.07, 6.45) is 2.70. The standard InChI is InChI=1S/C15H19N3O/c1-4-13-5-7-14(8-6-13)17-15(19)12(3)18-11(2)9-10-16-18/h5-10,12H,4H2,1-3H3,(H,17,19). The third kappa shape index (κ3) is 3.02. The quantitative estimate of drug-likeness (QED) is 0.915. The molecule has 0 radical (unpaired) electrons. The molecule has 1 aromatic heterocycles. The summed E-state index contributed by atoms with van der Waals surface area (Å²) in [7, 11) is 0. The molecule has 0 saturated heterocycles. The molecule has 1 heterocycles. The van der Waals surface area contributed by atoms with E-state index >= 15 is 0 Å². The first-order valence-electron chi connectivity index (χ1n) is 6.51. The molecular formula is C15H19N3O. The molecule has 1 aromatic carbocycles. The van der Waals surface area contributed by atoms with Gasteiger partial charge in [-0.25, -0.2) is 0 Å². The Kier molecular flexibility index (Phi) is 4.00. The second kappa shape index (κ2) is 5.69. The maximum absolute atomic E-state index is 12.1. The van der Waals surface area contributed by atoms with Crippen LogP contribution in [0.1, 0.15) is 31.1 Å². The molecule has 1 amide bonds. The van der Waals surface area contributed by atoms with Crippen LogP contribution < -0.4 is 5.32 Å². The molecule has 100 valence electrons. The SMILES string of the molecule is CCc1ccc(NC(=O)C(C)n2nccc2C)cc1. The molecule has 4 heteroatoms. The van der Waals surface area contributed by atoms with Crippen LogP contribution in [0.25, 0.3) is 0 Å². The Bertz CT molecular complexity index is 557. The van der Waals surface area contributed by atoms with Crippen molar-refractivity contribution in [2.24, 2.45) is 0 Å². The Labute approximate surface area is 113 Å². The van der Waals surface area contributed by atoms with Crippen molar-refractivity contribution in [3.63, 3.8) is 0 Å². The highest BCUT2D eigenvalue weighted by molar-refractivity contribution is 5.93. The van der Waals surface area contributed by atoms with Gasteiger partial charge >= 0.3 is 0 Å². The van der Waals surface area contributed by atoms with Crippen LogP contribution in [0, 0.1) is 6.92 Å². The van der Waals surface area contributed by atoms with E-state index in [1.807, 2.05) is 44.2 Å². The Balaban J connectivity index is 2.06. The van der Waals surface area contributed by atoms with Gasteiger partial charge in [0.05, 0.1) is 0 Å². The zero-order valence-electron chi connectivity index (χ0n) is 11.6. The number of nitrogens with zero attached hydrogens (tertiary/aromatic N) is 2. The minimum Gasteiger partial charge on any atom is -0.324 e. The van der Waals surface area contributed by atoms with Crippen molar-refractivity contribution >= 4 is 11.6 Å². The van der Waals surface area contributed by atoms with Gasteiger partial charge in [0.1, 0.15) is 6.04 Å². The average Bonchev–Trinajstić information content (AvgIpc) is 2.85. The lowest BCUT2D eigenvalue weighted by atomic mass is 10.1. The van der Waals surface area contributed by atoms with Crippen molar-refractivity contribution in [2.45, 2.75) is 33.2 Å². The lowest BCUT2D eigenvalue weighted by molar-refractivity contribution is -0.119. The number of rotatable bonds is 4. The van der Waals surface area contributed by atoms with E-state index in [2.05, 4.69) is 17.3 Å². The highest BCUT2D eigenvalue weighted by Gasteiger charge is 2.16. The summed E-state index contributed by atoms with van der Waals surface area (Å²) in [5, 5.41) is 7.07. The van der Waals surface area contributed by atoms with Crippen LogP contribution in [-0.2, 0) is 11.2 Å². The normalized spacial score (nSPS) is 12.2. The van der Waals surface area contributed by atoms with Crippen molar-refractivity contribution < 1.29 is 4.79 Å². The highest BCUT2D eigenvalue weighted by atomic mass is 16.2. The Morgan fingerprint density at radius 3 is 2.53 bits per heavy atom. The third-order valence-electron chi connectivity index (χ3n) is 3.24. The molecule has 0 aliphatic heterocycles. The lowest BCUT2D eigenvalue weighted by Gasteiger charge is -2.14. The molecule has 1 atom stereocenters. The second-order valence-electron chi connectivity index (χ2n) is 4.63.